The standard InChI is InChI=1S/C16H16O3/c17-13-9-5-1-2-6(3-5)10(9)14(18)12-8-4-7(11(12)13)15-16(8)19-15/h1-2,5-12,15-16H,3-4H2/t5-,6-,7+,8+,9-,10-,11-,12+,15-,16-/m1/s1. The van der Waals surface area contributed by atoms with Gasteiger partial charge in [-0.15, -0.1) is 0 Å². The van der Waals surface area contributed by atoms with Crippen molar-refractivity contribution >= 4 is 11.6 Å². The maximum absolute atomic E-state index is 12.9. The van der Waals surface area contributed by atoms with Crippen molar-refractivity contribution < 1.29 is 14.3 Å². The van der Waals surface area contributed by atoms with E-state index >= 15 is 0 Å². The number of hydrogen-bond acceptors (Lipinski definition) is 3. The van der Waals surface area contributed by atoms with Crippen molar-refractivity contribution in [3.8, 4) is 0 Å². The fraction of sp³-hybridized carbons (Fsp3) is 0.750. The van der Waals surface area contributed by atoms with E-state index < -0.39 is 0 Å². The number of allylic oxidation sites excluding steroid dienone is 2. The van der Waals surface area contributed by atoms with E-state index in [1.807, 2.05) is 0 Å². The van der Waals surface area contributed by atoms with Crippen molar-refractivity contribution in [2.24, 2.45) is 47.3 Å². The molecule has 10 atom stereocenters. The molecule has 6 rings (SSSR count). The summed E-state index contributed by atoms with van der Waals surface area (Å²) < 4.78 is 5.70. The molecule has 19 heavy (non-hydrogen) atoms. The Labute approximate surface area is 111 Å². The molecule has 5 fully saturated rings. The minimum atomic E-state index is 0.0234. The van der Waals surface area contributed by atoms with Crippen LogP contribution in [0.1, 0.15) is 12.8 Å². The quantitative estimate of drug-likeness (QED) is 0.484. The van der Waals surface area contributed by atoms with Gasteiger partial charge in [0.25, 0.3) is 0 Å². The molecule has 1 heterocycles. The molecule has 0 N–H and O–H groups in total. The lowest BCUT2D eigenvalue weighted by Crippen LogP contribution is -2.52. The van der Waals surface area contributed by atoms with Gasteiger partial charge in [-0.3, -0.25) is 9.59 Å². The molecule has 0 amide bonds. The molecule has 1 saturated heterocycles. The van der Waals surface area contributed by atoms with Crippen molar-refractivity contribution in [1.82, 2.24) is 0 Å². The topological polar surface area (TPSA) is 46.7 Å². The van der Waals surface area contributed by atoms with Gasteiger partial charge in [0.2, 0.25) is 0 Å². The zero-order valence-electron chi connectivity index (χ0n) is 10.6. The molecule has 5 aliphatic carbocycles. The lowest BCUT2D eigenvalue weighted by atomic mass is 9.59. The van der Waals surface area contributed by atoms with Crippen molar-refractivity contribution in [2.75, 3.05) is 0 Å². The van der Waals surface area contributed by atoms with Gasteiger partial charge in [-0.05, 0) is 36.5 Å². The van der Waals surface area contributed by atoms with Crippen molar-refractivity contribution in [3.05, 3.63) is 12.2 Å². The number of ketones is 2. The SMILES string of the molecule is O=C1[C@@H]2[C@@H]3C[C@H]([C@H]4O[C@H]34)[C@@H]2C(=O)[C@H]2[C@H]1[C@@H]1C=C[C@@H]2C1. The Morgan fingerprint density at radius 3 is 1.84 bits per heavy atom. The molecule has 4 bridgehead atoms. The first-order chi connectivity index (χ1) is 9.25. The Morgan fingerprint density at radius 1 is 0.789 bits per heavy atom. The van der Waals surface area contributed by atoms with Crippen molar-refractivity contribution in [2.45, 2.75) is 25.0 Å². The lowest BCUT2D eigenvalue weighted by molar-refractivity contribution is -0.149. The molecule has 0 radical (unpaired) electrons. The van der Waals surface area contributed by atoms with Crippen LogP contribution in [0.25, 0.3) is 0 Å². The highest BCUT2D eigenvalue weighted by atomic mass is 16.6. The summed E-state index contributed by atoms with van der Waals surface area (Å²) in [4.78, 5) is 25.9. The van der Waals surface area contributed by atoms with Gasteiger partial charge in [-0.25, -0.2) is 0 Å². The van der Waals surface area contributed by atoms with Crippen LogP contribution in [-0.4, -0.2) is 23.8 Å². The second-order valence-electron chi connectivity index (χ2n) is 7.48. The van der Waals surface area contributed by atoms with E-state index in [0.29, 0.717) is 47.4 Å². The first-order valence-corrected chi connectivity index (χ1v) is 7.67. The van der Waals surface area contributed by atoms with E-state index in [4.69, 9.17) is 4.74 Å². The van der Waals surface area contributed by atoms with Crippen LogP contribution in [0, 0.1) is 47.3 Å². The number of ether oxygens (including phenoxy) is 1. The maximum Gasteiger partial charge on any atom is 0.141 e. The Bertz CT molecular complexity index is 518. The lowest BCUT2D eigenvalue weighted by Gasteiger charge is -2.40. The third kappa shape index (κ3) is 0.884. The Morgan fingerprint density at radius 2 is 1.32 bits per heavy atom. The van der Waals surface area contributed by atoms with E-state index in [2.05, 4.69) is 12.2 Å². The average Bonchev–Trinajstić information content (AvgIpc) is 2.83. The Balaban J connectivity index is 1.50. The van der Waals surface area contributed by atoms with E-state index in [1.165, 1.54) is 0 Å². The zero-order valence-corrected chi connectivity index (χ0v) is 10.6. The molecular weight excluding hydrogens is 240 g/mol. The third-order valence-corrected chi connectivity index (χ3v) is 7.03. The minimum absolute atomic E-state index is 0.0234. The maximum atomic E-state index is 12.9. The molecule has 0 unspecified atom stereocenters. The monoisotopic (exact) mass is 256 g/mol. The molecule has 0 aromatic carbocycles. The van der Waals surface area contributed by atoms with Crippen molar-refractivity contribution in [1.29, 1.82) is 0 Å². The fourth-order valence-electron chi connectivity index (χ4n) is 6.46. The second-order valence-corrected chi connectivity index (χ2v) is 7.48. The van der Waals surface area contributed by atoms with Gasteiger partial charge in [0.15, 0.2) is 0 Å². The summed E-state index contributed by atoms with van der Waals surface area (Å²) >= 11 is 0. The molecule has 0 aromatic rings. The molecule has 0 aromatic heterocycles. The van der Waals surface area contributed by atoms with Gasteiger partial charge in [-0.2, -0.15) is 0 Å². The Hall–Kier alpha value is -0.960. The van der Waals surface area contributed by atoms with Crippen LogP contribution in [0.3, 0.4) is 0 Å². The van der Waals surface area contributed by atoms with Crippen LogP contribution in [0.5, 0.6) is 0 Å². The number of rotatable bonds is 0. The third-order valence-electron chi connectivity index (χ3n) is 7.03. The van der Waals surface area contributed by atoms with Crippen LogP contribution >= 0.6 is 0 Å². The van der Waals surface area contributed by atoms with Crippen LogP contribution in [0.15, 0.2) is 12.2 Å². The number of Topliss-reactive ketones (excluding diaryl/α,β-unsaturated/α-hetero) is 2. The van der Waals surface area contributed by atoms with E-state index in [-0.39, 0.29) is 23.7 Å². The first kappa shape index (κ1) is 9.87. The summed E-state index contributed by atoms with van der Waals surface area (Å²) in [6.45, 7) is 0. The van der Waals surface area contributed by atoms with Gasteiger partial charge in [0.05, 0.1) is 12.2 Å². The molecule has 3 nitrogen and oxygen atoms in total. The van der Waals surface area contributed by atoms with Crippen LogP contribution in [-0.2, 0) is 14.3 Å². The van der Waals surface area contributed by atoms with Gasteiger partial charge < -0.3 is 4.74 Å². The number of hydrogen-bond donors (Lipinski definition) is 0. The summed E-state index contributed by atoms with van der Waals surface area (Å²) in [6, 6.07) is 0. The number of epoxide rings is 1. The smallest absolute Gasteiger partial charge is 0.141 e. The summed E-state index contributed by atoms with van der Waals surface area (Å²) in [5.41, 5.74) is 0. The van der Waals surface area contributed by atoms with Gasteiger partial charge in [-0.1, -0.05) is 12.2 Å². The van der Waals surface area contributed by atoms with Crippen LogP contribution < -0.4 is 0 Å². The highest BCUT2D eigenvalue weighted by Crippen LogP contribution is 2.67. The highest BCUT2D eigenvalue weighted by Gasteiger charge is 2.74. The second kappa shape index (κ2) is 2.73. The summed E-state index contributed by atoms with van der Waals surface area (Å²) in [5, 5.41) is 0. The first-order valence-electron chi connectivity index (χ1n) is 7.67. The van der Waals surface area contributed by atoms with Gasteiger partial charge in [0, 0.05) is 23.7 Å². The van der Waals surface area contributed by atoms with Crippen LogP contribution in [0.2, 0.25) is 0 Å². The van der Waals surface area contributed by atoms with E-state index in [0.717, 1.165) is 12.8 Å². The highest BCUT2D eigenvalue weighted by molar-refractivity contribution is 6.02. The summed E-state index contributed by atoms with van der Waals surface area (Å²) in [6.07, 6.45) is 7.17. The predicted molar refractivity (Wildman–Crippen MR) is 65.0 cm³/mol. The molecule has 6 aliphatic rings. The molecular formula is C16H16O3. The summed E-state index contributed by atoms with van der Waals surface area (Å²) in [7, 11) is 0. The molecule has 4 saturated carbocycles. The number of fused-ring (bicyclic) bond motifs is 13. The minimum Gasteiger partial charge on any atom is -0.369 e. The van der Waals surface area contributed by atoms with E-state index in [9.17, 15) is 9.59 Å². The molecule has 0 spiro atoms. The fourth-order valence-corrected chi connectivity index (χ4v) is 6.46. The van der Waals surface area contributed by atoms with Crippen molar-refractivity contribution in [3.63, 3.8) is 0 Å². The molecule has 98 valence electrons. The molecule has 1 aliphatic heterocycles. The Kier molecular flexibility index (Phi) is 1.42. The van der Waals surface area contributed by atoms with Gasteiger partial charge >= 0.3 is 0 Å². The normalized spacial score (nSPS) is 66.3. The molecule has 3 heteroatoms. The largest absolute Gasteiger partial charge is 0.369 e. The number of carbonyl (C=O) groups excluding carboxylic acids is 2. The zero-order chi connectivity index (χ0) is 12.5. The summed E-state index contributed by atoms with van der Waals surface area (Å²) in [5.74, 6) is 2.43. The number of carbonyl (C=O) groups is 2. The van der Waals surface area contributed by atoms with E-state index in [1.54, 1.807) is 0 Å². The average molecular weight is 256 g/mol. The van der Waals surface area contributed by atoms with Gasteiger partial charge in [0.1, 0.15) is 11.6 Å². The van der Waals surface area contributed by atoms with Crippen LogP contribution in [0.4, 0.5) is 0 Å². The predicted octanol–water partition coefficient (Wildman–Crippen LogP) is 1.23.